The van der Waals surface area contributed by atoms with Crippen LogP contribution in [0.5, 0.6) is 5.75 Å². The van der Waals surface area contributed by atoms with Crippen molar-refractivity contribution in [2.75, 3.05) is 20.3 Å². The molecule has 0 fully saturated rings. The zero-order chi connectivity index (χ0) is 24.8. The summed E-state index contributed by atoms with van der Waals surface area (Å²) >= 11 is 1.53. The Hall–Kier alpha value is -3.92. The van der Waals surface area contributed by atoms with Crippen molar-refractivity contribution in [2.24, 2.45) is 0 Å². The van der Waals surface area contributed by atoms with Crippen molar-refractivity contribution in [3.63, 3.8) is 0 Å². The standard InChI is InChI=1S/C25H25N3O6S/c1-3-33-24(30)22-18(27-25(31)28-23(22)15-8-10-16(32-2)11-9-15)14-34-21(29)13-12-20-26-17-6-4-5-7-19(17)35-20/h4-11,23H,3,12-14H2,1-2H3,(H2,27,28,31). The lowest BCUT2D eigenvalue weighted by molar-refractivity contribution is -0.143. The summed E-state index contributed by atoms with van der Waals surface area (Å²) in [5.41, 5.74) is 1.91. The van der Waals surface area contributed by atoms with E-state index in [2.05, 4.69) is 15.6 Å². The number of esters is 2. The first-order valence-electron chi connectivity index (χ1n) is 11.1. The van der Waals surface area contributed by atoms with Crippen LogP contribution in [0.4, 0.5) is 4.79 Å². The molecule has 182 valence electrons. The summed E-state index contributed by atoms with van der Waals surface area (Å²) in [4.78, 5) is 42.2. The third-order valence-electron chi connectivity index (χ3n) is 5.36. The Kier molecular flexibility index (Phi) is 7.61. The number of para-hydroxylation sites is 1. The largest absolute Gasteiger partial charge is 0.497 e. The number of urea groups is 1. The Morgan fingerprint density at radius 3 is 2.57 bits per heavy atom. The minimum Gasteiger partial charge on any atom is -0.497 e. The minimum atomic E-state index is -0.773. The maximum atomic E-state index is 12.8. The maximum absolute atomic E-state index is 12.8. The van der Waals surface area contributed by atoms with E-state index in [0.717, 1.165) is 15.2 Å². The molecule has 2 amide bonds. The Bertz CT molecular complexity index is 1230. The molecule has 35 heavy (non-hydrogen) atoms. The topological polar surface area (TPSA) is 116 Å². The molecule has 1 aromatic heterocycles. The van der Waals surface area contributed by atoms with Gasteiger partial charge in [-0.2, -0.15) is 0 Å². The molecule has 0 aliphatic carbocycles. The number of methoxy groups -OCH3 is 1. The van der Waals surface area contributed by atoms with E-state index < -0.39 is 24.0 Å². The quantitative estimate of drug-likeness (QED) is 0.435. The van der Waals surface area contributed by atoms with Crippen LogP contribution in [0.2, 0.25) is 0 Å². The Morgan fingerprint density at radius 2 is 1.86 bits per heavy atom. The van der Waals surface area contributed by atoms with Gasteiger partial charge in [-0.15, -0.1) is 11.3 Å². The van der Waals surface area contributed by atoms with E-state index in [1.54, 1.807) is 38.3 Å². The first kappa shape index (κ1) is 24.2. The van der Waals surface area contributed by atoms with Crippen molar-refractivity contribution in [1.82, 2.24) is 15.6 Å². The van der Waals surface area contributed by atoms with Gasteiger partial charge in [0.05, 0.1) is 52.7 Å². The predicted molar refractivity (Wildman–Crippen MR) is 130 cm³/mol. The van der Waals surface area contributed by atoms with Gasteiger partial charge in [0.2, 0.25) is 0 Å². The van der Waals surface area contributed by atoms with Gasteiger partial charge in [0.1, 0.15) is 12.4 Å². The highest BCUT2D eigenvalue weighted by molar-refractivity contribution is 7.18. The lowest BCUT2D eigenvalue weighted by Gasteiger charge is -2.29. The number of rotatable bonds is 9. The van der Waals surface area contributed by atoms with Crippen LogP contribution in [0.1, 0.15) is 30.0 Å². The van der Waals surface area contributed by atoms with Gasteiger partial charge in [-0.3, -0.25) is 4.79 Å². The van der Waals surface area contributed by atoms with Crippen LogP contribution in [0.25, 0.3) is 10.2 Å². The monoisotopic (exact) mass is 495 g/mol. The third kappa shape index (κ3) is 5.78. The molecule has 0 radical (unpaired) electrons. The van der Waals surface area contributed by atoms with E-state index in [0.29, 0.717) is 17.7 Å². The number of nitrogens with one attached hydrogen (secondary N) is 2. The number of hydrogen-bond donors (Lipinski definition) is 2. The van der Waals surface area contributed by atoms with Crippen molar-refractivity contribution < 1.29 is 28.6 Å². The molecular weight excluding hydrogens is 470 g/mol. The van der Waals surface area contributed by atoms with Crippen LogP contribution in [-0.2, 0) is 25.5 Å². The van der Waals surface area contributed by atoms with E-state index in [1.807, 2.05) is 24.3 Å². The highest BCUT2D eigenvalue weighted by Crippen LogP contribution is 2.29. The molecule has 0 saturated heterocycles. The second kappa shape index (κ2) is 11.0. The molecule has 4 rings (SSSR count). The van der Waals surface area contributed by atoms with E-state index >= 15 is 0 Å². The molecule has 9 nitrogen and oxygen atoms in total. The summed E-state index contributed by atoms with van der Waals surface area (Å²) < 4.78 is 16.9. The summed E-state index contributed by atoms with van der Waals surface area (Å²) in [6, 6.07) is 13.4. The number of fused-ring (bicyclic) bond motifs is 1. The smallest absolute Gasteiger partial charge is 0.338 e. The normalized spacial score (nSPS) is 15.4. The van der Waals surface area contributed by atoms with Crippen LogP contribution in [0.15, 0.2) is 59.8 Å². The zero-order valence-corrected chi connectivity index (χ0v) is 20.1. The highest BCUT2D eigenvalue weighted by atomic mass is 32.1. The van der Waals surface area contributed by atoms with Crippen LogP contribution in [0, 0.1) is 0 Å². The maximum Gasteiger partial charge on any atom is 0.338 e. The van der Waals surface area contributed by atoms with Crippen LogP contribution >= 0.6 is 11.3 Å². The lowest BCUT2D eigenvalue weighted by Crippen LogP contribution is -2.47. The number of hydrogen-bond acceptors (Lipinski definition) is 8. The number of aryl methyl sites for hydroxylation is 1. The molecule has 2 N–H and O–H groups in total. The lowest BCUT2D eigenvalue weighted by atomic mass is 9.95. The fourth-order valence-electron chi connectivity index (χ4n) is 3.69. The fraction of sp³-hybridized carbons (Fsp3) is 0.280. The number of carbonyl (C=O) groups excluding carboxylic acids is 3. The van der Waals surface area contributed by atoms with Gasteiger partial charge in [0.15, 0.2) is 0 Å². The molecule has 10 heteroatoms. The molecule has 2 aromatic carbocycles. The first-order valence-corrected chi connectivity index (χ1v) is 11.9. The summed E-state index contributed by atoms with van der Waals surface area (Å²) in [6.07, 6.45) is 0.556. The highest BCUT2D eigenvalue weighted by Gasteiger charge is 2.34. The average molecular weight is 496 g/mol. The SMILES string of the molecule is CCOC(=O)C1=C(COC(=O)CCc2nc3ccccc3s2)NC(=O)NC1c1ccc(OC)cc1. The van der Waals surface area contributed by atoms with Crippen molar-refractivity contribution in [2.45, 2.75) is 25.8 Å². The van der Waals surface area contributed by atoms with Crippen LogP contribution in [0.3, 0.4) is 0 Å². The third-order valence-corrected chi connectivity index (χ3v) is 6.45. The molecule has 0 spiro atoms. The summed E-state index contributed by atoms with van der Waals surface area (Å²) in [5, 5.41) is 6.17. The van der Waals surface area contributed by atoms with Gasteiger partial charge in [-0.25, -0.2) is 14.6 Å². The van der Waals surface area contributed by atoms with Gasteiger partial charge in [-0.05, 0) is 36.8 Å². The van der Waals surface area contributed by atoms with Crippen molar-refractivity contribution in [3.05, 3.63) is 70.4 Å². The second-order valence-electron chi connectivity index (χ2n) is 7.65. The Balaban J connectivity index is 1.48. The summed E-state index contributed by atoms with van der Waals surface area (Å²) in [6.45, 7) is 1.57. The molecular formula is C25H25N3O6S. The Labute approximate surface area is 206 Å². The number of aromatic nitrogens is 1. The summed E-state index contributed by atoms with van der Waals surface area (Å²) in [7, 11) is 1.55. The minimum absolute atomic E-state index is 0.121. The number of nitrogens with zero attached hydrogens (tertiary/aromatic N) is 1. The summed E-state index contributed by atoms with van der Waals surface area (Å²) in [5.74, 6) is -0.437. The molecule has 3 aromatic rings. The molecule has 1 unspecified atom stereocenters. The Morgan fingerprint density at radius 1 is 1.09 bits per heavy atom. The van der Waals surface area contributed by atoms with Crippen molar-refractivity contribution in [3.8, 4) is 5.75 Å². The van der Waals surface area contributed by atoms with Gasteiger partial charge >= 0.3 is 18.0 Å². The molecule has 1 aliphatic heterocycles. The van der Waals surface area contributed by atoms with Crippen LogP contribution < -0.4 is 15.4 Å². The average Bonchev–Trinajstić information content (AvgIpc) is 3.29. The second-order valence-corrected chi connectivity index (χ2v) is 8.77. The zero-order valence-electron chi connectivity index (χ0n) is 19.3. The van der Waals surface area contributed by atoms with E-state index in [1.165, 1.54) is 11.3 Å². The van der Waals surface area contributed by atoms with Crippen LogP contribution in [-0.4, -0.2) is 43.3 Å². The van der Waals surface area contributed by atoms with Gasteiger partial charge in [0.25, 0.3) is 0 Å². The number of ether oxygens (including phenoxy) is 3. The van der Waals surface area contributed by atoms with E-state index in [9.17, 15) is 14.4 Å². The van der Waals surface area contributed by atoms with Crippen molar-refractivity contribution in [1.29, 1.82) is 0 Å². The van der Waals surface area contributed by atoms with Gasteiger partial charge < -0.3 is 24.8 Å². The van der Waals surface area contributed by atoms with E-state index in [-0.39, 0.29) is 30.9 Å². The molecule has 0 saturated carbocycles. The van der Waals surface area contributed by atoms with Gasteiger partial charge in [-0.1, -0.05) is 24.3 Å². The van der Waals surface area contributed by atoms with E-state index in [4.69, 9.17) is 14.2 Å². The molecule has 0 bridgehead atoms. The van der Waals surface area contributed by atoms with Gasteiger partial charge in [0, 0.05) is 6.42 Å². The number of carbonyl (C=O) groups is 3. The number of amides is 2. The fourth-order valence-corrected chi connectivity index (χ4v) is 4.66. The molecule has 2 heterocycles. The molecule has 1 aliphatic rings. The number of thiazole rings is 1. The molecule has 1 atom stereocenters. The first-order chi connectivity index (χ1) is 17.0. The predicted octanol–water partition coefficient (Wildman–Crippen LogP) is 3.65. The van der Waals surface area contributed by atoms with Crippen molar-refractivity contribution >= 4 is 39.5 Å². The number of benzene rings is 2.